The van der Waals surface area contributed by atoms with Gasteiger partial charge in [0.1, 0.15) is 5.75 Å². The summed E-state index contributed by atoms with van der Waals surface area (Å²) in [6, 6.07) is 8.01. The third-order valence-electron chi connectivity index (χ3n) is 5.47. The smallest absolute Gasteiger partial charge is 0.260 e. The largest absolute Gasteiger partial charge is 0.495 e. The van der Waals surface area contributed by atoms with Crippen molar-refractivity contribution in [3.05, 3.63) is 82.7 Å². The Morgan fingerprint density at radius 1 is 1.09 bits per heavy atom. The highest BCUT2D eigenvalue weighted by atomic mass is 19.1. The monoisotopic (exact) mass is 430 g/mol. The second kappa shape index (κ2) is 7.52. The van der Waals surface area contributed by atoms with Crippen LogP contribution in [0.15, 0.2) is 59.9 Å². The molecule has 5 aromatic rings. The molecular formula is C23H19FN6O2. The van der Waals surface area contributed by atoms with Crippen LogP contribution >= 0.6 is 0 Å². The van der Waals surface area contributed by atoms with E-state index in [1.807, 2.05) is 26.0 Å². The summed E-state index contributed by atoms with van der Waals surface area (Å²) in [5.74, 6) is 0.394. The third-order valence-corrected chi connectivity index (χ3v) is 5.47. The molecule has 1 unspecified atom stereocenters. The Kier molecular flexibility index (Phi) is 4.66. The van der Waals surface area contributed by atoms with Gasteiger partial charge in [0.2, 0.25) is 0 Å². The molecule has 0 radical (unpaired) electrons. The molecule has 0 aliphatic rings. The normalized spacial score (nSPS) is 12.4. The first-order chi connectivity index (χ1) is 15.5. The Labute approximate surface area is 182 Å². The first-order valence-electron chi connectivity index (χ1n) is 9.98. The Morgan fingerprint density at radius 2 is 1.94 bits per heavy atom. The Morgan fingerprint density at radius 3 is 2.69 bits per heavy atom. The number of pyridine rings is 4. The molecule has 0 aliphatic heterocycles. The number of rotatable bonds is 4. The lowest BCUT2D eigenvalue weighted by molar-refractivity contribution is 0.413. The van der Waals surface area contributed by atoms with E-state index in [4.69, 9.17) is 4.74 Å². The van der Waals surface area contributed by atoms with Crippen molar-refractivity contribution in [3.63, 3.8) is 0 Å². The highest BCUT2D eigenvalue weighted by molar-refractivity contribution is 5.78. The van der Waals surface area contributed by atoms with E-state index in [0.29, 0.717) is 33.7 Å². The maximum Gasteiger partial charge on any atom is 0.260 e. The van der Waals surface area contributed by atoms with Crippen LogP contribution in [-0.4, -0.2) is 36.2 Å². The molecular weight excluding hydrogens is 411 g/mol. The van der Waals surface area contributed by atoms with Gasteiger partial charge in [0.25, 0.3) is 5.56 Å². The molecule has 0 bridgehead atoms. The van der Waals surface area contributed by atoms with Crippen LogP contribution in [0.4, 0.5) is 4.39 Å². The van der Waals surface area contributed by atoms with Crippen LogP contribution in [0.5, 0.6) is 5.75 Å². The molecule has 1 atom stereocenters. The van der Waals surface area contributed by atoms with Crippen molar-refractivity contribution < 1.29 is 9.13 Å². The summed E-state index contributed by atoms with van der Waals surface area (Å²) in [5.41, 5.74) is 2.61. The Hall–Kier alpha value is -4.14. The second-order valence-corrected chi connectivity index (χ2v) is 7.56. The molecule has 0 amide bonds. The SMILES string of the molecule is COc1cnc2ccn(C(C)c3nnc4c(F)cc(-c5ccc(C)cn5)cn34)c(=O)c2c1. The van der Waals surface area contributed by atoms with Crippen molar-refractivity contribution in [2.45, 2.75) is 19.9 Å². The average molecular weight is 430 g/mol. The van der Waals surface area contributed by atoms with Gasteiger partial charge in [0, 0.05) is 24.2 Å². The van der Waals surface area contributed by atoms with Crippen molar-refractivity contribution >= 4 is 16.6 Å². The van der Waals surface area contributed by atoms with Crippen LogP contribution in [0.2, 0.25) is 0 Å². The molecule has 5 heterocycles. The van der Waals surface area contributed by atoms with Crippen LogP contribution in [0, 0.1) is 12.7 Å². The zero-order valence-corrected chi connectivity index (χ0v) is 17.7. The van der Waals surface area contributed by atoms with Crippen LogP contribution in [0.3, 0.4) is 0 Å². The predicted molar refractivity (Wildman–Crippen MR) is 117 cm³/mol. The maximum absolute atomic E-state index is 14.8. The number of hydrogen-bond acceptors (Lipinski definition) is 6. The van der Waals surface area contributed by atoms with E-state index in [1.165, 1.54) is 17.7 Å². The van der Waals surface area contributed by atoms with Gasteiger partial charge in [-0.05, 0) is 43.7 Å². The van der Waals surface area contributed by atoms with Crippen molar-refractivity contribution in [2.24, 2.45) is 0 Å². The zero-order valence-electron chi connectivity index (χ0n) is 17.7. The number of fused-ring (bicyclic) bond motifs is 2. The second-order valence-electron chi connectivity index (χ2n) is 7.56. The molecule has 0 N–H and O–H groups in total. The minimum atomic E-state index is -0.520. The Bertz CT molecular complexity index is 1520. The fourth-order valence-electron chi connectivity index (χ4n) is 3.69. The molecule has 0 aliphatic carbocycles. The standard InChI is InChI=1S/C23H19FN6O2/c1-13-4-5-19(25-10-13)15-8-18(24)22-28-27-21(30(22)12-15)14(2)29-7-6-20-17(23(29)31)9-16(32-3)11-26-20/h4-12,14H,1-3H3. The first-order valence-corrected chi connectivity index (χ1v) is 9.98. The number of aromatic nitrogens is 6. The molecule has 0 spiro atoms. The molecule has 0 saturated heterocycles. The summed E-state index contributed by atoms with van der Waals surface area (Å²) < 4.78 is 23.1. The molecule has 9 heteroatoms. The lowest BCUT2D eigenvalue weighted by Crippen LogP contribution is -2.25. The molecule has 0 aromatic carbocycles. The maximum atomic E-state index is 14.8. The topological polar surface area (TPSA) is 87.2 Å². The minimum absolute atomic E-state index is 0.0832. The average Bonchev–Trinajstić information content (AvgIpc) is 3.24. The number of halogens is 1. The van der Waals surface area contributed by atoms with Crippen LogP contribution in [0.25, 0.3) is 27.8 Å². The van der Waals surface area contributed by atoms with Gasteiger partial charge in [-0.1, -0.05) is 6.07 Å². The van der Waals surface area contributed by atoms with Gasteiger partial charge in [0.05, 0.1) is 35.9 Å². The summed E-state index contributed by atoms with van der Waals surface area (Å²) in [7, 11) is 1.52. The molecule has 8 nitrogen and oxygen atoms in total. The van der Waals surface area contributed by atoms with Gasteiger partial charge in [0.15, 0.2) is 17.3 Å². The van der Waals surface area contributed by atoms with E-state index in [1.54, 1.807) is 41.3 Å². The van der Waals surface area contributed by atoms with E-state index in [2.05, 4.69) is 20.2 Å². The molecule has 5 aromatic heterocycles. The molecule has 160 valence electrons. The summed E-state index contributed by atoms with van der Waals surface area (Å²) >= 11 is 0. The fraction of sp³-hybridized carbons (Fsp3) is 0.174. The summed E-state index contributed by atoms with van der Waals surface area (Å²) in [5, 5.41) is 8.61. The number of ether oxygens (including phenoxy) is 1. The van der Waals surface area contributed by atoms with Crippen LogP contribution in [-0.2, 0) is 0 Å². The number of aryl methyl sites for hydroxylation is 1. The minimum Gasteiger partial charge on any atom is -0.495 e. The quantitative estimate of drug-likeness (QED) is 0.433. The van der Waals surface area contributed by atoms with Crippen molar-refractivity contribution in [3.8, 4) is 17.0 Å². The molecule has 5 rings (SSSR count). The number of methoxy groups -OCH3 is 1. The van der Waals surface area contributed by atoms with E-state index in [0.717, 1.165) is 5.56 Å². The van der Waals surface area contributed by atoms with Gasteiger partial charge in [-0.25, -0.2) is 4.39 Å². The van der Waals surface area contributed by atoms with Gasteiger partial charge < -0.3 is 9.30 Å². The van der Waals surface area contributed by atoms with Crippen molar-refractivity contribution in [1.82, 2.24) is 29.1 Å². The summed E-state index contributed by atoms with van der Waals surface area (Å²) in [6.07, 6.45) is 6.67. The highest BCUT2D eigenvalue weighted by Gasteiger charge is 2.20. The van der Waals surface area contributed by atoms with Gasteiger partial charge in [-0.2, -0.15) is 0 Å². The number of hydrogen-bond donors (Lipinski definition) is 0. The molecule has 0 saturated carbocycles. The molecule has 32 heavy (non-hydrogen) atoms. The Balaban J connectivity index is 1.65. The predicted octanol–water partition coefficient (Wildman–Crippen LogP) is 3.57. The summed E-state index contributed by atoms with van der Waals surface area (Å²) in [6.45, 7) is 3.75. The van der Waals surface area contributed by atoms with Crippen molar-refractivity contribution in [2.75, 3.05) is 7.11 Å². The van der Waals surface area contributed by atoms with E-state index < -0.39 is 11.9 Å². The van der Waals surface area contributed by atoms with Crippen LogP contribution in [0.1, 0.15) is 24.4 Å². The lowest BCUT2D eigenvalue weighted by Gasteiger charge is -2.15. The molecule has 0 fully saturated rings. The van der Waals surface area contributed by atoms with Gasteiger partial charge >= 0.3 is 0 Å². The van der Waals surface area contributed by atoms with E-state index in [9.17, 15) is 9.18 Å². The third kappa shape index (κ3) is 3.18. The van der Waals surface area contributed by atoms with E-state index in [-0.39, 0.29) is 11.2 Å². The lowest BCUT2D eigenvalue weighted by atomic mass is 10.1. The number of nitrogens with zero attached hydrogens (tertiary/aromatic N) is 6. The van der Waals surface area contributed by atoms with Gasteiger partial charge in [-0.15, -0.1) is 10.2 Å². The van der Waals surface area contributed by atoms with Gasteiger partial charge in [-0.3, -0.25) is 19.2 Å². The highest BCUT2D eigenvalue weighted by Crippen LogP contribution is 2.24. The van der Waals surface area contributed by atoms with Crippen LogP contribution < -0.4 is 10.3 Å². The van der Waals surface area contributed by atoms with Crippen molar-refractivity contribution in [1.29, 1.82) is 0 Å². The van der Waals surface area contributed by atoms with E-state index >= 15 is 0 Å². The zero-order chi connectivity index (χ0) is 22.4. The summed E-state index contributed by atoms with van der Waals surface area (Å²) in [4.78, 5) is 21.8. The first kappa shape index (κ1) is 19.8. The fourth-order valence-corrected chi connectivity index (χ4v) is 3.69.